The summed E-state index contributed by atoms with van der Waals surface area (Å²) in [4.78, 5) is 4.44. The first-order valence-electron chi connectivity index (χ1n) is 4.95. The number of aromatic nitrogens is 1. The molecular formula is C13H9NO2. The van der Waals surface area contributed by atoms with Crippen molar-refractivity contribution in [2.75, 3.05) is 0 Å². The van der Waals surface area contributed by atoms with Crippen molar-refractivity contribution in [2.45, 2.75) is 0 Å². The van der Waals surface area contributed by atoms with E-state index in [0.29, 0.717) is 0 Å². The van der Waals surface area contributed by atoms with Gasteiger partial charge in [0.15, 0.2) is 0 Å². The minimum absolute atomic E-state index is 0.216. The lowest BCUT2D eigenvalue weighted by Gasteiger charge is -2.02. The number of rotatable bonds is 0. The summed E-state index contributed by atoms with van der Waals surface area (Å²) in [6.45, 7) is 0. The Morgan fingerprint density at radius 1 is 0.688 bits per heavy atom. The number of hydrogen-bond donors (Lipinski definition) is 2. The van der Waals surface area contributed by atoms with Gasteiger partial charge in [-0.1, -0.05) is 0 Å². The molecule has 0 aliphatic rings. The highest BCUT2D eigenvalue weighted by atomic mass is 16.3. The molecule has 0 atom stereocenters. The van der Waals surface area contributed by atoms with Crippen molar-refractivity contribution < 1.29 is 10.2 Å². The summed E-state index contributed by atoms with van der Waals surface area (Å²) in [6.07, 6.45) is 0. The van der Waals surface area contributed by atoms with Gasteiger partial charge in [0.25, 0.3) is 0 Å². The Morgan fingerprint density at radius 3 is 1.69 bits per heavy atom. The molecule has 0 saturated carbocycles. The van der Waals surface area contributed by atoms with E-state index in [0.717, 1.165) is 21.8 Å². The van der Waals surface area contributed by atoms with Crippen LogP contribution in [0.3, 0.4) is 0 Å². The van der Waals surface area contributed by atoms with Gasteiger partial charge in [-0.05, 0) is 42.5 Å². The van der Waals surface area contributed by atoms with E-state index in [1.54, 1.807) is 36.4 Å². The first-order valence-corrected chi connectivity index (χ1v) is 4.95. The largest absolute Gasteiger partial charge is 0.508 e. The Balaban J connectivity index is 2.44. The number of phenols is 2. The molecule has 0 spiro atoms. The normalized spacial score (nSPS) is 11.0. The molecule has 0 aliphatic carbocycles. The standard InChI is InChI=1S/C13H9NO2/c15-10-1-3-12-8(6-10)5-9-7-11(16)2-4-13(9)14-12/h1-7,15-16H. The van der Waals surface area contributed by atoms with Crippen molar-refractivity contribution in [2.24, 2.45) is 0 Å². The third kappa shape index (κ3) is 1.34. The molecule has 3 rings (SSSR count). The molecule has 3 aromatic rings. The summed E-state index contributed by atoms with van der Waals surface area (Å²) in [5.74, 6) is 0.433. The molecule has 2 N–H and O–H groups in total. The smallest absolute Gasteiger partial charge is 0.116 e. The van der Waals surface area contributed by atoms with Crippen LogP contribution in [-0.4, -0.2) is 15.2 Å². The van der Waals surface area contributed by atoms with E-state index in [1.807, 2.05) is 6.07 Å². The third-order valence-electron chi connectivity index (χ3n) is 2.57. The Hall–Kier alpha value is -2.29. The maximum atomic E-state index is 9.38. The van der Waals surface area contributed by atoms with Crippen molar-refractivity contribution in [3.05, 3.63) is 42.5 Å². The van der Waals surface area contributed by atoms with Crippen LogP contribution in [0, 0.1) is 0 Å². The number of phenolic OH excluding ortho intramolecular Hbond substituents is 2. The number of pyridine rings is 1. The fourth-order valence-corrected chi connectivity index (χ4v) is 1.82. The predicted molar refractivity (Wildman–Crippen MR) is 62.6 cm³/mol. The lowest BCUT2D eigenvalue weighted by atomic mass is 10.1. The van der Waals surface area contributed by atoms with Crippen LogP contribution in [0.15, 0.2) is 42.5 Å². The molecule has 1 aromatic heterocycles. The van der Waals surface area contributed by atoms with Crippen LogP contribution in [0.25, 0.3) is 21.8 Å². The molecule has 3 nitrogen and oxygen atoms in total. The Bertz CT molecular complexity index is 635. The number of hydrogen-bond acceptors (Lipinski definition) is 3. The van der Waals surface area contributed by atoms with Gasteiger partial charge in [-0.2, -0.15) is 0 Å². The quantitative estimate of drug-likeness (QED) is 0.562. The van der Waals surface area contributed by atoms with Crippen LogP contribution in [-0.2, 0) is 0 Å². The van der Waals surface area contributed by atoms with Gasteiger partial charge in [0.05, 0.1) is 11.0 Å². The third-order valence-corrected chi connectivity index (χ3v) is 2.57. The van der Waals surface area contributed by atoms with Gasteiger partial charge >= 0.3 is 0 Å². The monoisotopic (exact) mass is 211 g/mol. The minimum atomic E-state index is 0.216. The zero-order valence-corrected chi connectivity index (χ0v) is 8.38. The SMILES string of the molecule is Oc1ccc2nc3ccc(O)cc3cc2c1. The van der Waals surface area contributed by atoms with Gasteiger partial charge in [0.2, 0.25) is 0 Å². The van der Waals surface area contributed by atoms with E-state index in [-0.39, 0.29) is 11.5 Å². The second-order valence-corrected chi connectivity index (χ2v) is 3.74. The number of nitrogens with zero attached hydrogens (tertiary/aromatic N) is 1. The molecule has 0 aliphatic heterocycles. The Labute approximate surface area is 91.6 Å². The Morgan fingerprint density at radius 2 is 1.19 bits per heavy atom. The molecule has 0 unspecified atom stereocenters. The summed E-state index contributed by atoms with van der Waals surface area (Å²) < 4.78 is 0. The summed E-state index contributed by atoms with van der Waals surface area (Å²) >= 11 is 0. The molecule has 78 valence electrons. The molecular weight excluding hydrogens is 202 g/mol. The molecule has 0 fully saturated rings. The fraction of sp³-hybridized carbons (Fsp3) is 0. The average Bonchev–Trinajstić information content (AvgIpc) is 2.26. The number of fused-ring (bicyclic) bond motifs is 2. The molecule has 3 heteroatoms. The minimum Gasteiger partial charge on any atom is -0.508 e. The van der Waals surface area contributed by atoms with Gasteiger partial charge < -0.3 is 10.2 Å². The Kier molecular flexibility index (Phi) is 1.74. The first-order chi connectivity index (χ1) is 7.72. The van der Waals surface area contributed by atoms with Crippen LogP contribution in [0.4, 0.5) is 0 Å². The summed E-state index contributed by atoms with van der Waals surface area (Å²) in [7, 11) is 0. The lowest BCUT2D eigenvalue weighted by Crippen LogP contribution is -1.82. The average molecular weight is 211 g/mol. The van der Waals surface area contributed by atoms with Crippen LogP contribution in [0.1, 0.15) is 0 Å². The maximum absolute atomic E-state index is 9.38. The van der Waals surface area contributed by atoms with Crippen molar-refractivity contribution in [1.82, 2.24) is 4.98 Å². The van der Waals surface area contributed by atoms with E-state index in [2.05, 4.69) is 4.98 Å². The van der Waals surface area contributed by atoms with Crippen LogP contribution in [0.2, 0.25) is 0 Å². The van der Waals surface area contributed by atoms with Crippen LogP contribution in [0.5, 0.6) is 11.5 Å². The molecule has 0 saturated heterocycles. The van der Waals surface area contributed by atoms with Crippen LogP contribution >= 0.6 is 0 Å². The van der Waals surface area contributed by atoms with Crippen molar-refractivity contribution in [3.8, 4) is 11.5 Å². The van der Waals surface area contributed by atoms with E-state index in [1.165, 1.54) is 0 Å². The van der Waals surface area contributed by atoms with Gasteiger partial charge in [-0.25, -0.2) is 4.98 Å². The van der Waals surface area contributed by atoms with E-state index in [9.17, 15) is 10.2 Å². The highest BCUT2D eigenvalue weighted by molar-refractivity contribution is 5.93. The van der Waals surface area contributed by atoms with E-state index < -0.39 is 0 Å². The zero-order valence-electron chi connectivity index (χ0n) is 8.38. The van der Waals surface area contributed by atoms with Gasteiger partial charge in [-0.15, -0.1) is 0 Å². The number of aromatic hydroxyl groups is 2. The summed E-state index contributed by atoms with van der Waals surface area (Å²) in [5, 5.41) is 20.5. The maximum Gasteiger partial charge on any atom is 0.116 e. The second-order valence-electron chi connectivity index (χ2n) is 3.74. The molecule has 16 heavy (non-hydrogen) atoms. The zero-order chi connectivity index (χ0) is 11.1. The molecule has 2 aromatic carbocycles. The highest BCUT2D eigenvalue weighted by Crippen LogP contribution is 2.25. The van der Waals surface area contributed by atoms with Crippen molar-refractivity contribution >= 4 is 21.8 Å². The second kappa shape index (κ2) is 3.10. The van der Waals surface area contributed by atoms with Crippen molar-refractivity contribution in [3.63, 3.8) is 0 Å². The summed E-state index contributed by atoms with van der Waals surface area (Å²) in [6, 6.07) is 12.0. The summed E-state index contributed by atoms with van der Waals surface area (Å²) in [5.41, 5.74) is 1.66. The van der Waals surface area contributed by atoms with E-state index in [4.69, 9.17) is 0 Å². The molecule has 0 bridgehead atoms. The van der Waals surface area contributed by atoms with Crippen LogP contribution < -0.4 is 0 Å². The van der Waals surface area contributed by atoms with Gasteiger partial charge in [0.1, 0.15) is 11.5 Å². The molecule has 1 heterocycles. The van der Waals surface area contributed by atoms with Crippen molar-refractivity contribution in [1.29, 1.82) is 0 Å². The van der Waals surface area contributed by atoms with Gasteiger partial charge in [-0.3, -0.25) is 0 Å². The predicted octanol–water partition coefficient (Wildman–Crippen LogP) is 2.80. The van der Waals surface area contributed by atoms with E-state index >= 15 is 0 Å². The first kappa shape index (κ1) is 8.97. The lowest BCUT2D eigenvalue weighted by molar-refractivity contribution is 0.476. The van der Waals surface area contributed by atoms with Gasteiger partial charge in [0, 0.05) is 10.8 Å². The molecule has 0 radical (unpaired) electrons. The highest BCUT2D eigenvalue weighted by Gasteiger charge is 2.01. The molecule has 0 amide bonds. The fourth-order valence-electron chi connectivity index (χ4n) is 1.82. The topological polar surface area (TPSA) is 53.4 Å². The number of benzene rings is 2.